The highest BCUT2D eigenvalue weighted by atomic mass is 16.3. The number of anilines is 2. The zero-order valence-electron chi connectivity index (χ0n) is 14.9. The molecule has 2 aromatic carbocycles. The minimum absolute atomic E-state index is 0.0745. The molecule has 0 fully saturated rings. The molecule has 26 heavy (non-hydrogen) atoms. The molecule has 1 aromatic heterocycles. The number of carbonyl (C=O) groups is 1. The lowest BCUT2D eigenvalue weighted by atomic mass is 10.1. The molecule has 0 aliphatic carbocycles. The fourth-order valence-corrected chi connectivity index (χ4v) is 3.38. The van der Waals surface area contributed by atoms with Crippen LogP contribution in [0.3, 0.4) is 0 Å². The first-order valence-electron chi connectivity index (χ1n) is 8.80. The molecule has 5 nitrogen and oxygen atoms in total. The largest absolute Gasteiger partial charge is 0.444 e. The van der Waals surface area contributed by atoms with Crippen LogP contribution in [0.1, 0.15) is 23.8 Å². The zero-order chi connectivity index (χ0) is 18.1. The second-order valence-electron chi connectivity index (χ2n) is 6.63. The summed E-state index contributed by atoms with van der Waals surface area (Å²) in [5.41, 5.74) is 3.15. The Kier molecular flexibility index (Phi) is 4.21. The summed E-state index contributed by atoms with van der Waals surface area (Å²) in [5.74, 6) is 0.327. The van der Waals surface area contributed by atoms with E-state index in [1.807, 2.05) is 59.5 Å². The maximum absolute atomic E-state index is 13.3. The Morgan fingerprint density at radius 1 is 1.08 bits per heavy atom. The third kappa shape index (κ3) is 2.86. The van der Waals surface area contributed by atoms with Gasteiger partial charge in [-0.2, -0.15) is 0 Å². The van der Waals surface area contributed by atoms with Crippen molar-refractivity contribution in [1.29, 1.82) is 0 Å². The van der Waals surface area contributed by atoms with Crippen molar-refractivity contribution in [2.24, 2.45) is 0 Å². The van der Waals surface area contributed by atoms with Gasteiger partial charge < -0.3 is 14.2 Å². The molecule has 1 aliphatic rings. The number of para-hydroxylation sites is 2. The number of rotatable bonds is 2. The number of amides is 1. The zero-order valence-corrected chi connectivity index (χ0v) is 14.9. The van der Waals surface area contributed by atoms with Crippen molar-refractivity contribution in [2.75, 3.05) is 23.4 Å². The Morgan fingerprint density at radius 3 is 2.54 bits per heavy atom. The van der Waals surface area contributed by atoms with Crippen LogP contribution in [0, 0.1) is 0 Å². The van der Waals surface area contributed by atoms with Crippen molar-refractivity contribution in [3.05, 3.63) is 66.6 Å². The van der Waals surface area contributed by atoms with Crippen LogP contribution in [0.15, 0.2) is 65.3 Å². The Bertz CT molecular complexity index is 920. The third-order valence-electron chi connectivity index (χ3n) is 4.84. The summed E-state index contributed by atoms with van der Waals surface area (Å²) in [5, 5.41) is 0. The summed E-state index contributed by atoms with van der Waals surface area (Å²) in [7, 11) is 2.06. The minimum Gasteiger partial charge on any atom is -0.444 e. The SMILES string of the molecule is CC1CCN(C)c2ccccc2N1C(=O)c1coc(-c2ccccc2)n1. The van der Waals surface area contributed by atoms with Gasteiger partial charge in [0.2, 0.25) is 5.89 Å². The highest BCUT2D eigenvalue weighted by Gasteiger charge is 2.30. The molecule has 0 N–H and O–H groups in total. The summed E-state index contributed by atoms with van der Waals surface area (Å²) in [6, 6.07) is 17.7. The van der Waals surface area contributed by atoms with Gasteiger partial charge in [-0.05, 0) is 37.6 Å². The van der Waals surface area contributed by atoms with Gasteiger partial charge in [-0.25, -0.2) is 4.98 Å². The van der Waals surface area contributed by atoms with E-state index in [0.717, 1.165) is 29.9 Å². The van der Waals surface area contributed by atoms with E-state index in [-0.39, 0.29) is 11.9 Å². The molecule has 5 heteroatoms. The van der Waals surface area contributed by atoms with Crippen molar-refractivity contribution >= 4 is 17.3 Å². The van der Waals surface area contributed by atoms with Gasteiger partial charge in [0.25, 0.3) is 5.91 Å². The molecule has 2 heterocycles. The van der Waals surface area contributed by atoms with Gasteiger partial charge in [0.1, 0.15) is 6.26 Å². The van der Waals surface area contributed by atoms with Crippen LogP contribution < -0.4 is 9.80 Å². The molecule has 0 spiro atoms. The molecule has 4 rings (SSSR count). The van der Waals surface area contributed by atoms with Crippen LogP contribution in [-0.4, -0.2) is 30.5 Å². The number of aromatic nitrogens is 1. The number of carbonyl (C=O) groups excluding carboxylic acids is 1. The second-order valence-corrected chi connectivity index (χ2v) is 6.63. The lowest BCUT2D eigenvalue weighted by Gasteiger charge is -2.27. The van der Waals surface area contributed by atoms with E-state index in [0.29, 0.717) is 11.6 Å². The van der Waals surface area contributed by atoms with Crippen molar-refractivity contribution in [3.63, 3.8) is 0 Å². The number of hydrogen-bond donors (Lipinski definition) is 0. The van der Waals surface area contributed by atoms with Crippen molar-refractivity contribution in [1.82, 2.24) is 4.98 Å². The summed E-state index contributed by atoms with van der Waals surface area (Å²) in [4.78, 5) is 21.7. The van der Waals surface area contributed by atoms with Gasteiger partial charge in [0, 0.05) is 25.2 Å². The highest BCUT2D eigenvalue weighted by molar-refractivity contribution is 6.07. The van der Waals surface area contributed by atoms with E-state index < -0.39 is 0 Å². The molecule has 132 valence electrons. The first kappa shape index (κ1) is 16.4. The molecule has 0 radical (unpaired) electrons. The summed E-state index contributed by atoms with van der Waals surface area (Å²) < 4.78 is 5.57. The lowest BCUT2D eigenvalue weighted by molar-refractivity contribution is 0.0973. The average molecular weight is 347 g/mol. The number of nitrogens with zero attached hydrogens (tertiary/aromatic N) is 3. The topological polar surface area (TPSA) is 49.6 Å². The van der Waals surface area contributed by atoms with Gasteiger partial charge in [-0.15, -0.1) is 0 Å². The Morgan fingerprint density at radius 2 is 1.77 bits per heavy atom. The maximum Gasteiger partial charge on any atom is 0.280 e. The van der Waals surface area contributed by atoms with Gasteiger partial charge in [-0.1, -0.05) is 30.3 Å². The Labute approximate surface area is 152 Å². The quantitative estimate of drug-likeness (QED) is 0.696. The summed E-state index contributed by atoms with van der Waals surface area (Å²) >= 11 is 0. The smallest absolute Gasteiger partial charge is 0.280 e. The molecule has 1 amide bonds. The first-order valence-corrected chi connectivity index (χ1v) is 8.80. The van der Waals surface area contributed by atoms with Crippen LogP contribution >= 0.6 is 0 Å². The van der Waals surface area contributed by atoms with E-state index >= 15 is 0 Å². The molecule has 0 saturated carbocycles. The predicted molar refractivity (Wildman–Crippen MR) is 103 cm³/mol. The standard InChI is InChI=1S/C21H21N3O2/c1-15-12-13-23(2)18-10-6-7-11-19(18)24(15)21(25)17-14-26-20(22-17)16-8-4-3-5-9-16/h3-11,14-15H,12-13H2,1-2H3. The Hall–Kier alpha value is -3.08. The molecular formula is C21H21N3O2. The molecule has 1 unspecified atom stereocenters. The van der Waals surface area contributed by atoms with Gasteiger partial charge in [0.15, 0.2) is 5.69 Å². The fraction of sp³-hybridized carbons (Fsp3) is 0.238. The predicted octanol–water partition coefficient (Wildman–Crippen LogP) is 4.22. The van der Waals surface area contributed by atoms with Gasteiger partial charge >= 0.3 is 0 Å². The van der Waals surface area contributed by atoms with E-state index in [1.54, 1.807) is 0 Å². The van der Waals surface area contributed by atoms with E-state index in [4.69, 9.17) is 4.42 Å². The minimum atomic E-state index is -0.133. The molecule has 3 aromatic rings. The van der Waals surface area contributed by atoms with Crippen molar-refractivity contribution < 1.29 is 9.21 Å². The van der Waals surface area contributed by atoms with Crippen LogP contribution in [0.2, 0.25) is 0 Å². The highest BCUT2D eigenvalue weighted by Crippen LogP contribution is 2.34. The summed E-state index contributed by atoms with van der Waals surface area (Å²) in [6.07, 6.45) is 2.34. The van der Waals surface area contributed by atoms with Crippen LogP contribution in [0.5, 0.6) is 0 Å². The van der Waals surface area contributed by atoms with Crippen LogP contribution in [0.25, 0.3) is 11.5 Å². The third-order valence-corrected chi connectivity index (χ3v) is 4.84. The maximum atomic E-state index is 13.3. The first-order chi connectivity index (χ1) is 12.6. The molecular weight excluding hydrogens is 326 g/mol. The summed E-state index contributed by atoms with van der Waals surface area (Å²) in [6.45, 7) is 2.97. The number of hydrogen-bond acceptors (Lipinski definition) is 4. The van der Waals surface area contributed by atoms with E-state index in [1.165, 1.54) is 6.26 Å². The van der Waals surface area contributed by atoms with Crippen molar-refractivity contribution in [3.8, 4) is 11.5 Å². The van der Waals surface area contributed by atoms with Crippen LogP contribution in [0.4, 0.5) is 11.4 Å². The molecule has 0 bridgehead atoms. The monoisotopic (exact) mass is 347 g/mol. The average Bonchev–Trinajstić information content (AvgIpc) is 3.13. The van der Waals surface area contributed by atoms with E-state index in [2.05, 4.69) is 23.9 Å². The molecule has 1 aliphatic heterocycles. The lowest BCUT2D eigenvalue weighted by Crippen LogP contribution is -2.38. The normalized spacial score (nSPS) is 16.9. The molecule has 1 atom stereocenters. The van der Waals surface area contributed by atoms with Crippen LogP contribution in [-0.2, 0) is 0 Å². The number of fused-ring (bicyclic) bond motifs is 1. The van der Waals surface area contributed by atoms with Gasteiger partial charge in [-0.3, -0.25) is 4.79 Å². The van der Waals surface area contributed by atoms with E-state index in [9.17, 15) is 4.79 Å². The van der Waals surface area contributed by atoms with Gasteiger partial charge in [0.05, 0.1) is 11.4 Å². The number of oxazole rings is 1. The second kappa shape index (κ2) is 6.67. The Balaban J connectivity index is 1.71. The van der Waals surface area contributed by atoms with Crippen molar-refractivity contribution in [2.45, 2.75) is 19.4 Å². The number of benzene rings is 2. The molecule has 0 saturated heterocycles. The fourth-order valence-electron chi connectivity index (χ4n) is 3.38.